The van der Waals surface area contributed by atoms with E-state index in [1.54, 1.807) is 24.3 Å². The number of hydrazine groups is 2. The summed E-state index contributed by atoms with van der Waals surface area (Å²) in [7, 11) is 0. The molecule has 0 aliphatic rings. The second kappa shape index (κ2) is 12.3. The molecule has 12 nitrogen and oxygen atoms in total. The molecule has 36 heavy (non-hydrogen) atoms. The second-order valence-electron chi connectivity index (χ2n) is 7.44. The molecule has 8 N–H and O–H groups in total. The van der Waals surface area contributed by atoms with Crippen LogP contribution in [0.5, 0.6) is 11.5 Å². The zero-order valence-electron chi connectivity index (χ0n) is 18.9. The Morgan fingerprint density at radius 3 is 1.39 bits per heavy atom. The highest BCUT2D eigenvalue weighted by atomic mass is 16.3. The Hall–Kier alpha value is -5.26. The van der Waals surface area contributed by atoms with E-state index in [4.69, 9.17) is 0 Å². The Bertz CT molecular complexity index is 1170. The van der Waals surface area contributed by atoms with E-state index in [1.165, 1.54) is 48.5 Å². The summed E-state index contributed by atoms with van der Waals surface area (Å²) in [5, 5.41) is 24.0. The number of phenolic OH excluding ortho intramolecular Hbond substituents is 2. The molecule has 12 heteroatoms. The normalized spacial score (nSPS) is 10.0. The van der Waals surface area contributed by atoms with Crippen LogP contribution in [0.25, 0.3) is 0 Å². The number of benzene rings is 3. The fraction of sp³-hybridized carbons (Fsp3) is 0.0833. The molecule has 0 spiro atoms. The quantitative estimate of drug-likeness (QED) is 0.241. The maximum absolute atomic E-state index is 12.0. The zero-order chi connectivity index (χ0) is 25.9. The molecule has 0 atom stereocenters. The number of hydrogen-bond acceptors (Lipinski definition) is 6. The van der Waals surface area contributed by atoms with Crippen molar-refractivity contribution in [1.82, 2.24) is 32.3 Å². The Morgan fingerprint density at radius 2 is 0.972 bits per heavy atom. The molecule has 0 heterocycles. The minimum absolute atomic E-state index is 0.0722. The van der Waals surface area contributed by atoms with Crippen LogP contribution < -0.4 is 32.3 Å². The summed E-state index contributed by atoms with van der Waals surface area (Å²) in [6, 6.07) is 17.1. The van der Waals surface area contributed by atoms with Crippen LogP contribution >= 0.6 is 0 Å². The molecule has 0 bridgehead atoms. The Kier molecular flexibility index (Phi) is 8.65. The van der Waals surface area contributed by atoms with Crippen LogP contribution in [0.3, 0.4) is 0 Å². The summed E-state index contributed by atoms with van der Waals surface area (Å²) in [6.07, 6.45) is 0. The van der Waals surface area contributed by atoms with Gasteiger partial charge in [-0.25, -0.2) is 20.4 Å². The highest BCUT2D eigenvalue weighted by Gasteiger charge is 2.09. The summed E-state index contributed by atoms with van der Waals surface area (Å²) in [4.78, 5) is 47.9. The van der Waals surface area contributed by atoms with Crippen molar-refractivity contribution in [3.8, 4) is 11.5 Å². The number of rotatable bonds is 6. The van der Waals surface area contributed by atoms with E-state index in [2.05, 4.69) is 32.3 Å². The van der Waals surface area contributed by atoms with E-state index in [0.29, 0.717) is 0 Å². The van der Waals surface area contributed by atoms with E-state index >= 15 is 0 Å². The van der Waals surface area contributed by atoms with Crippen molar-refractivity contribution in [3.63, 3.8) is 0 Å². The third kappa shape index (κ3) is 7.95. The minimum atomic E-state index is -0.645. The Balaban J connectivity index is 1.39. The molecule has 0 fully saturated rings. The predicted octanol–water partition coefficient (Wildman–Crippen LogP) is 1.39. The molecular formula is C24H24N6O6. The summed E-state index contributed by atoms with van der Waals surface area (Å²) in [5.41, 5.74) is 10.7. The number of aromatic hydroxyl groups is 2. The fourth-order valence-corrected chi connectivity index (χ4v) is 2.97. The topological polar surface area (TPSA) is 181 Å². The lowest BCUT2D eigenvalue weighted by molar-refractivity contribution is 0.0929. The first-order valence-corrected chi connectivity index (χ1v) is 10.6. The number of urea groups is 2. The number of carbonyl (C=O) groups is 4. The minimum Gasteiger partial charge on any atom is -0.508 e. The number of amides is 6. The Labute approximate surface area is 205 Å². The summed E-state index contributed by atoms with van der Waals surface area (Å²) < 4.78 is 0. The van der Waals surface area contributed by atoms with Crippen molar-refractivity contribution in [2.75, 3.05) is 0 Å². The molecule has 0 radical (unpaired) electrons. The van der Waals surface area contributed by atoms with E-state index in [1.807, 2.05) is 0 Å². The molecule has 0 saturated heterocycles. The van der Waals surface area contributed by atoms with E-state index < -0.39 is 23.9 Å². The van der Waals surface area contributed by atoms with E-state index in [9.17, 15) is 29.4 Å². The maximum atomic E-state index is 12.0. The van der Waals surface area contributed by atoms with Gasteiger partial charge in [0.25, 0.3) is 11.8 Å². The van der Waals surface area contributed by atoms with Crippen LogP contribution in [0, 0.1) is 0 Å². The third-order valence-electron chi connectivity index (χ3n) is 4.69. The SMILES string of the molecule is O=C(NCc1cccc(CNC(=O)NNC(=O)c2cccc(O)c2)c1)NNC(=O)c1cccc(O)c1. The highest BCUT2D eigenvalue weighted by molar-refractivity contribution is 5.96. The van der Waals surface area contributed by atoms with Gasteiger partial charge in [0.05, 0.1) is 0 Å². The lowest BCUT2D eigenvalue weighted by Crippen LogP contribution is -2.46. The molecule has 3 aromatic carbocycles. The van der Waals surface area contributed by atoms with Crippen LogP contribution in [0.15, 0.2) is 72.8 Å². The maximum Gasteiger partial charge on any atom is 0.333 e. The van der Waals surface area contributed by atoms with Gasteiger partial charge in [-0.15, -0.1) is 0 Å². The van der Waals surface area contributed by atoms with Gasteiger partial charge in [0.15, 0.2) is 0 Å². The summed E-state index contributed by atoms with van der Waals surface area (Å²) in [5.74, 6) is -1.33. The highest BCUT2D eigenvalue weighted by Crippen LogP contribution is 2.11. The van der Waals surface area contributed by atoms with Gasteiger partial charge in [0.2, 0.25) is 0 Å². The van der Waals surface area contributed by atoms with E-state index in [0.717, 1.165) is 11.1 Å². The zero-order valence-corrected chi connectivity index (χ0v) is 18.9. The molecule has 6 amide bonds. The first-order valence-electron chi connectivity index (χ1n) is 10.6. The molecule has 0 unspecified atom stereocenters. The average Bonchev–Trinajstić information content (AvgIpc) is 2.88. The van der Waals surface area contributed by atoms with Crippen LogP contribution in [0.2, 0.25) is 0 Å². The average molecular weight is 492 g/mol. The van der Waals surface area contributed by atoms with Gasteiger partial charge in [-0.1, -0.05) is 36.4 Å². The molecule has 0 aliphatic heterocycles. The standard InChI is InChI=1S/C24H24N6O6/c31-19-8-2-6-17(11-19)21(33)27-29-23(35)25-13-15-4-1-5-16(10-15)14-26-24(36)30-28-22(34)18-7-3-9-20(32)12-18/h1-12,31-32H,13-14H2,(H,27,33)(H,28,34)(H2,25,29,35)(H2,26,30,36). The van der Waals surface area contributed by atoms with Crippen molar-refractivity contribution in [1.29, 1.82) is 0 Å². The van der Waals surface area contributed by atoms with Crippen molar-refractivity contribution < 1.29 is 29.4 Å². The monoisotopic (exact) mass is 492 g/mol. The lowest BCUT2D eigenvalue weighted by atomic mass is 10.1. The first kappa shape index (κ1) is 25.4. The number of phenols is 2. The van der Waals surface area contributed by atoms with Crippen LogP contribution in [0.4, 0.5) is 9.59 Å². The molecule has 0 aliphatic carbocycles. The van der Waals surface area contributed by atoms with Gasteiger partial charge < -0.3 is 20.8 Å². The van der Waals surface area contributed by atoms with Crippen molar-refractivity contribution >= 4 is 23.9 Å². The largest absolute Gasteiger partial charge is 0.508 e. The molecule has 3 rings (SSSR count). The summed E-state index contributed by atoms with van der Waals surface area (Å²) >= 11 is 0. The van der Waals surface area contributed by atoms with Crippen molar-refractivity contribution in [3.05, 3.63) is 95.1 Å². The number of hydrogen-bond donors (Lipinski definition) is 8. The smallest absolute Gasteiger partial charge is 0.333 e. The van der Waals surface area contributed by atoms with Gasteiger partial charge in [0, 0.05) is 24.2 Å². The molecule has 0 saturated carbocycles. The molecule has 0 aromatic heterocycles. The second-order valence-corrected chi connectivity index (χ2v) is 7.44. The number of nitrogens with one attached hydrogen (secondary N) is 6. The lowest BCUT2D eigenvalue weighted by Gasteiger charge is -2.11. The molecule has 186 valence electrons. The first-order chi connectivity index (χ1) is 17.3. The van der Waals surface area contributed by atoms with Crippen LogP contribution in [-0.4, -0.2) is 34.1 Å². The van der Waals surface area contributed by atoms with Gasteiger partial charge in [-0.05, 0) is 47.5 Å². The van der Waals surface area contributed by atoms with Crippen LogP contribution in [-0.2, 0) is 13.1 Å². The fourth-order valence-electron chi connectivity index (χ4n) is 2.97. The third-order valence-corrected chi connectivity index (χ3v) is 4.69. The van der Waals surface area contributed by atoms with Gasteiger partial charge in [-0.2, -0.15) is 0 Å². The van der Waals surface area contributed by atoms with Gasteiger partial charge in [0.1, 0.15) is 11.5 Å². The van der Waals surface area contributed by atoms with Gasteiger partial charge >= 0.3 is 12.1 Å². The van der Waals surface area contributed by atoms with Crippen molar-refractivity contribution in [2.45, 2.75) is 13.1 Å². The summed E-state index contributed by atoms with van der Waals surface area (Å²) in [6.45, 7) is 0.293. The van der Waals surface area contributed by atoms with Crippen molar-refractivity contribution in [2.24, 2.45) is 0 Å². The predicted molar refractivity (Wildman–Crippen MR) is 128 cm³/mol. The van der Waals surface area contributed by atoms with Crippen LogP contribution in [0.1, 0.15) is 31.8 Å². The molecule has 3 aromatic rings. The molecular weight excluding hydrogens is 468 g/mol. The number of carbonyl (C=O) groups excluding carboxylic acids is 4. The van der Waals surface area contributed by atoms with E-state index in [-0.39, 0.29) is 35.7 Å². The Morgan fingerprint density at radius 1 is 0.556 bits per heavy atom. The van der Waals surface area contributed by atoms with Gasteiger partial charge in [-0.3, -0.25) is 20.4 Å².